The van der Waals surface area contributed by atoms with Crippen LogP contribution in [0.15, 0.2) is 62.5 Å². The van der Waals surface area contributed by atoms with Crippen LogP contribution in [0.2, 0.25) is 0 Å². The number of anilines is 1. The van der Waals surface area contributed by atoms with Crippen LogP contribution in [-0.2, 0) is 9.59 Å². The summed E-state index contributed by atoms with van der Waals surface area (Å²) < 4.78 is 1.83. The van der Waals surface area contributed by atoms with Gasteiger partial charge in [0, 0.05) is 15.4 Å². The van der Waals surface area contributed by atoms with Crippen molar-refractivity contribution in [3.63, 3.8) is 0 Å². The molecule has 2 amide bonds. The van der Waals surface area contributed by atoms with Crippen molar-refractivity contribution in [2.45, 2.75) is 11.7 Å². The number of rotatable bonds is 3. The van der Waals surface area contributed by atoms with E-state index in [1.807, 2.05) is 24.3 Å². The zero-order valence-electron chi connectivity index (χ0n) is 12.9. The van der Waals surface area contributed by atoms with Crippen LogP contribution in [0.4, 0.5) is 11.4 Å². The van der Waals surface area contributed by atoms with Crippen LogP contribution in [0.5, 0.6) is 0 Å². The summed E-state index contributed by atoms with van der Waals surface area (Å²) in [5, 5.41) is -0.304. The molecule has 0 aliphatic carbocycles. The van der Waals surface area contributed by atoms with Gasteiger partial charge in [-0.2, -0.15) is 0 Å². The van der Waals surface area contributed by atoms with E-state index in [-0.39, 0.29) is 23.4 Å². The van der Waals surface area contributed by atoms with Crippen LogP contribution in [0.1, 0.15) is 6.42 Å². The Morgan fingerprint density at radius 1 is 1.04 bits per heavy atom. The van der Waals surface area contributed by atoms with E-state index in [0.717, 1.165) is 20.7 Å². The Kier molecular flexibility index (Phi) is 5.61. The second-order valence-electron chi connectivity index (χ2n) is 5.28. The normalized spacial score (nSPS) is 18.1. The molecule has 25 heavy (non-hydrogen) atoms. The average molecular weight is 483 g/mol. The lowest BCUT2D eigenvalue weighted by Crippen LogP contribution is -2.31. The van der Waals surface area contributed by atoms with Crippen LogP contribution >= 0.6 is 43.6 Å². The van der Waals surface area contributed by atoms with Crippen molar-refractivity contribution in [1.82, 2.24) is 0 Å². The van der Waals surface area contributed by atoms with Gasteiger partial charge in [-0.25, -0.2) is 9.89 Å². The SMILES string of the molecule is NC(=Nc1ccc(Br)cc1)SC1CC(=O)N(c2ccc(Br)cc2)C1=O. The van der Waals surface area contributed by atoms with E-state index < -0.39 is 5.25 Å². The predicted molar refractivity (Wildman–Crippen MR) is 108 cm³/mol. The number of imide groups is 1. The van der Waals surface area contributed by atoms with E-state index in [0.29, 0.717) is 11.4 Å². The molecular weight excluding hydrogens is 470 g/mol. The number of halogens is 2. The Morgan fingerprint density at radius 3 is 2.20 bits per heavy atom. The molecule has 8 heteroatoms. The third-order valence-corrected chi connectivity index (χ3v) is 5.56. The first-order chi connectivity index (χ1) is 11.9. The number of thioether (sulfide) groups is 1. The number of hydrogen-bond acceptors (Lipinski definition) is 4. The zero-order valence-corrected chi connectivity index (χ0v) is 16.8. The van der Waals surface area contributed by atoms with Gasteiger partial charge in [-0.05, 0) is 48.5 Å². The number of aliphatic imine (C=N–C) groups is 1. The molecule has 2 N–H and O–H groups in total. The van der Waals surface area contributed by atoms with E-state index >= 15 is 0 Å². The summed E-state index contributed by atoms with van der Waals surface area (Å²) in [4.78, 5) is 30.3. The summed E-state index contributed by atoms with van der Waals surface area (Å²) in [7, 11) is 0. The molecule has 1 fully saturated rings. The second kappa shape index (κ2) is 7.72. The highest BCUT2D eigenvalue weighted by atomic mass is 79.9. The van der Waals surface area contributed by atoms with Crippen molar-refractivity contribution in [3.8, 4) is 0 Å². The highest BCUT2D eigenvalue weighted by Crippen LogP contribution is 2.31. The third kappa shape index (κ3) is 4.31. The molecular formula is C17H13Br2N3O2S. The fraction of sp³-hybridized carbons (Fsp3) is 0.118. The molecule has 1 atom stereocenters. The maximum atomic E-state index is 12.6. The van der Waals surface area contributed by atoms with Gasteiger partial charge in [0.05, 0.1) is 11.4 Å². The molecule has 1 unspecified atom stereocenters. The molecule has 1 aliphatic heterocycles. The molecule has 0 radical (unpaired) electrons. The van der Waals surface area contributed by atoms with E-state index in [1.165, 1.54) is 4.90 Å². The molecule has 1 heterocycles. The number of amidine groups is 1. The van der Waals surface area contributed by atoms with Gasteiger partial charge in [-0.15, -0.1) is 0 Å². The molecule has 0 spiro atoms. The van der Waals surface area contributed by atoms with E-state index in [1.54, 1.807) is 24.3 Å². The summed E-state index contributed by atoms with van der Waals surface area (Å²) >= 11 is 7.81. The quantitative estimate of drug-likeness (QED) is 0.403. The van der Waals surface area contributed by atoms with Crippen molar-refractivity contribution in [3.05, 3.63) is 57.5 Å². The molecule has 2 aromatic carbocycles. The summed E-state index contributed by atoms with van der Waals surface area (Å²) in [6.45, 7) is 0. The Bertz CT molecular complexity index is 838. The molecule has 3 rings (SSSR count). The number of nitrogens with zero attached hydrogens (tertiary/aromatic N) is 2. The maximum Gasteiger partial charge on any atom is 0.247 e. The molecule has 0 aromatic heterocycles. The van der Waals surface area contributed by atoms with Gasteiger partial charge in [-0.1, -0.05) is 43.6 Å². The molecule has 1 saturated heterocycles. The minimum absolute atomic E-state index is 0.107. The first kappa shape index (κ1) is 18.2. The van der Waals surface area contributed by atoms with Crippen LogP contribution in [0.25, 0.3) is 0 Å². The topological polar surface area (TPSA) is 75.8 Å². The van der Waals surface area contributed by atoms with Crippen molar-refractivity contribution in [2.75, 3.05) is 4.90 Å². The smallest absolute Gasteiger partial charge is 0.247 e. The van der Waals surface area contributed by atoms with Crippen molar-refractivity contribution in [1.29, 1.82) is 0 Å². The summed E-state index contributed by atoms with van der Waals surface area (Å²) in [6, 6.07) is 14.4. The minimum Gasteiger partial charge on any atom is -0.378 e. The fourth-order valence-electron chi connectivity index (χ4n) is 2.37. The van der Waals surface area contributed by atoms with Crippen LogP contribution in [0, 0.1) is 0 Å². The highest BCUT2D eigenvalue weighted by molar-refractivity contribution is 9.10. The van der Waals surface area contributed by atoms with E-state index in [2.05, 4.69) is 36.9 Å². The first-order valence-electron chi connectivity index (χ1n) is 7.33. The van der Waals surface area contributed by atoms with Gasteiger partial charge in [-0.3, -0.25) is 9.59 Å². The molecule has 1 aliphatic rings. The number of nitrogens with two attached hydrogens (primary N) is 1. The Balaban J connectivity index is 1.73. The molecule has 0 bridgehead atoms. The Labute approximate surface area is 165 Å². The predicted octanol–water partition coefficient (Wildman–Crippen LogP) is 4.22. The third-order valence-electron chi connectivity index (χ3n) is 3.52. The molecule has 5 nitrogen and oxygen atoms in total. The van der Waals surface area contributed by atoms with Crippen LogP contribution < -0.4 is 10.6 Å². The standard InChI is InChI=1S/C17H13Br2N3O2S/c18-10-1-5-12(6-2-10)21-17(20)25-14-9-15(23)22(16(14)24)13-7-3-11(19)4-8-13/h1-8,14H,9H2,(H2,20,21). The van der Waals surface area contributed by atoms with Gasteiger partial charge in [0.25, 0.3) is 0 Å². The van der Waals surface area contributed by atoms with Gasteiger partial charge in [0.2, 0.25) is 11.8 Å². The van der Waals surface area contributed by atoms with Gasteiger partial charge < -0.3 is 5.73 Å². The summed E-state index contributed by atoms with van der Waals surface area (Å²) in [5.41, 5.74) is 7.20. The lowest BCUT2D eigenvalue weighted by Gasteiger charge is -2.14. The monoisotopic (exact) mass is 481 g/mol. The first-order valence-corrected chi connectivity index (χ1v) is 9.79. The minimum atomic E-state index is -0.560. The lowest BCUT2D eigenvalue weighted by molar-refractivity contribution is -0.121. The fourth-order valence-corrected chi connectivity index (χ4v) is 3.78. The second-order valence-corrected chi connectivity index (χ2v) is 8.34. The molecule has 128 valence electrons. The Hall–Kier alpha value is -1.64. The zero-order chi connectivity index (χ0) is 18.0. The number of hydrogen-bond donors (Lipinski definition) is 1. The van der Waals surface area contributed by atoms with E-state index in [4.69, 9.17) is 5.73 Å². The van der Waals surface area contributed by atoms with Crippen molar-refractivity contribution >= 4 is 72.0 Å². The van der Waals surface area contributed by atoms with Crippen LogP contribution in [0.3, 0.4) is 0 Å². The largest absolute Gasteiger partial charge is 0.378 e. The van der Waals surface area contributed by atoms with Crippen LogP contribution in [-0.4, -0.2) is 22.2 Å². The Morgan fingerprint density at radius 2 is 1.60 bits per heavy atom. The number of benzene rings is 2. The highest BCUT2D eigenvalue weighted by Gasteiger charge is 2.40. The number of amides is 2. The number of carbonyl (C=O) groups excluding carboxylic acids is 2. The molecule has 0 saturated carbocycles. The summed E-state index contributed by atoms with van der Waals surface area (Å²) in [6.07, 6.45) is 0.107. The lowest BCUT2D eigenvalue weighted by atomic mass is 10.3. The van der Waals surface area contributed by atoms with E-state index in [9.17, 15) is 9.59 Å². The van der Waals surface area contributed by atoms with Gasteiger partial charge in [0.15, 0.2) is 5.17 Å². The molecule has 2 aromatic rings. The average Bonchev–Trinajstić information content (AvgIpc) is 2.84. The van der Waals surface area contributed by atoms with Gasteiger partial charge in [0.1, 0.15) is 5.25 Å². The van der Waals surface area contributed by atoms with Crippen molar-refractivity contribution < 1.29 is 9.59 Å². The van der Waals surface area contributed by atoms with Crippen molar-refractivity contribution in [2.24, 2.45) is 10.7 Å². The summed E-state index contributed by atoms with van der Waals surface area (Å²) in [5.74, 6) is -0.507. The van der Waals surface area contributed by atoms with Gasteiger partial charge >= 0.3 is 0 Å². The maximum absolute atomic E-state index is 12.6. The number of carbonyl (C=O) groups is 2.